The van der Waals surface area contributed by atoms with E-state index in [0.29, 0.717) is 6.04 Å². The third-order valence-electron chi connectivity index (χ3n) is 4.02. The van der Waals surface area contributed by atoms with Crippen LogP contribution in [-0.2, 0) is 6.54 Å². The predicted octanol–water partition coefficient (Wildman–Crippen LogP) is 2.80. The largest absolute Gasteiger partial charge is 0.493 e. The molecule has 1 aliphatic heterocycles. The lowest BCUT2D eigenvalue weighted by Crippen LogP contribution is -2.39. The maximum Gasteiger partial charge on any atom is 0.161 e. The molecule has 1 fully saturated rings. The summed E-state index contributed by atoms with van der Waals surface area (Å²) in [6, 6.07) is 6.63. The molecule has 0 bridgehead atoms. The van der Waals surface area contributed by atoms with E-state index in [0.717, 1.165) is 63.4 Å². The lowest BCUT2D eigenvalue weighted by Gasteiger charge is -2.30. The third-order valence-corrected chi connectivity index (χ3v) is 4.02. The van der Waals surface area contributed by atoms with Crippen LogP contribution in [0.1, 0.15) is 38.2 Å². The molecular formula is C17H28N2O2. The van der Waals surface area contributed by atoms with Crippen molar-refractivity contribution in [1.29, 1.82) is 0 Å². The molecule has 0 saturated carbocycles. The molecule has 0 radical (unpaired) electrons. The van der Waals surface area contributed by atoms with Gasteiger partial charge in [-0.05, 0) is 50.0 Å². The maximum absolute atomic E-state index is 5.96. The summed E-state index contributed by atoms with van der Waals surface area (Å²) in [7, 11) is 1.69. The van der Waals surface area contributed by atoms with Gasteiger partial charge in [0.2, 0.25) is 0 Å². The van der Waals surface area contributed by atoms with Crippen LogP contribution in [0.5, 0.6) is 11.5 Å². The predicted molar refractivity (Wildman–Crippen MR) is 85.9 cm³/mol. The monoisotopic (exact) mass is 292 g/mol. The standard InChI is InChI=1S/C17H28N2O2/c1-3-4-11-21-17-12-14(5-6-16(17)20-2)13-19-9-7-15(18)8-10-19/h5-6,12,15H,3-4,7-11,13,18H2,1-2H3. The smallest absolute Gasteiger partial charge is 0.161 e. The summed E-state index contributed by atoms with van der Waals surface area (Å²) in [6.45, 7) is 6.03. The van der Waals surface area contributed by atoms with Gasteiger partial charge in [0.25, 0.3) is 0 Å². The summed E-state index contributed by atoms with van der Waals surface area (Å²) in [6.07, 6.45) is 4.39. The van der Waals surface area contributed by atoms with E-state index in [1.165, 1.54) is 5.56 Å². The zero-order valence-electron chi connectivity index (χ0n) is 13.3. The molecule has 0 aromatic heterocycles. The first-order chi connectivity index (χ1) is 10.2. The molecule has 1 saturated heterocycles. The highest BCUT2D eigenvalue weighted by Gasteiger charge is 2.16. The molecule has 118 valence electrons. The van der Waals surface area contributed by atoms with Crippen LogP contribution in [0, 0.1) is 0 Å². The summed E-state index contributed by atoms with van der Waals surface area (Å²) in [5, 5.41) is 0. The van der Waals surface area contributed by atoms with Crippen LogP contribution in [0.25, 0.3) is 0 Å². The van der Waals surface area contributed by atoms with Gasteiger partial charge in [0.15, 0.2) is 11.5 Å². The minimum atomic E-state index is 0.380. The average molecular weight is 292 g/mol. The van der Waals surface area contributed by atoms with E-state index in [1.807, 2.05) is 6.07 Å². The van der Waals surface area contributed by atoms with Crippen LogP contribution in [0.2, 0.25) is 0 Å². The van der Waals surface area contributed by atoms with Gasteiger partial charge in [-0.15, -0.1) is 0 Å². The Labute approximate surface area is 128 Å². The molecule has 21 heavy (non-hydrogen) atoms. The topological polar surface area (TPSA) is 47.7 Å². The Morgan fingerprint density at radius 3 is 2.67 bits per heavy atom. The van der Waals surface area contributed by atoms with Gasteiger partial charge in [-0.1, -0.05) is 19.4 Å². The minimum Gasteiger partial charge on any atom is -0.493 e. The highest BCUT2D eigenvalue weighted by molar-refractivity contribution is 5.43. The second kappa shape index (κ2) is 8.25. The van der Waals surface area contributed by atoms with E-state index in [9.17, 15) is 0 Å². The lowest BCUT2D eigenvalue weighted by molar-refractivity contribution is 0.205. The van der Waals surface area contributed by atoms with Crippen molar-refractivity contribution in [3.8, 4) is 11.5 Å². The van der Waals surface area contributed by atoms with Crippen LogP contribution in [0.3, 0.4) is 0 Å². The van der Waals surface area contributed by atoms with Gasteiger partial charge in [0.05, 0.1) is 13.7 Å². The molecule has 0 unspecified atom stereocenters. The van der Waals surface area contributed by atoms with Crippen LogP contribution in [0.15, 0.2) is 18.2 Å². The molecule has 1 aliphatic rings. The molecule has 0 aliphatic carbocycles. The van der Waals surface area contributed by atoms with E-state index >= 15 is 0 Å². The molecule has 1 aromatic carbocycles. The summed E-state index contributed by atoms with van der Waals surface area (Å²) in [4.78, 5) is 2.46. The second-order valence-electron chi connectivity index (χ2n) is 5.80. The van der Waals surface area contributed by atoms with Crippen molar-refractivity contribution < 1.29 is 9.47 Å². The molecular weight excluding hydrogens is 264 g/mol. The van der Waals surface area contributed by atoms with Crippen molar-refractivity contribution in [1.82, 2.24) is 4.90 Å². The highest BCUT2D eigenvalue weighted by Crippen LogP contribution is 2.29. The number of nitrogens with zero attached hydrogens (tertiary/aromatic N) is 1. The molecule has 0 spiro atoms. The van der Waals surface area contributed by atoms with E-state index in [2.05, 4.69) is 24.0 Å². The Kier molecular flexibility index (Phi) is 6.33. The first kappa shape index (κ1) is 16.1. The number of likely N-dealkylation sites (tertiary alicyclic amines) is 1. The highest BCUT2D eigenvalue weighted by atomic mass is 16.5. The van der Waals surface area contributed by atoms with E-state index < -0.39 is 0 Å². The van der Waals surface area contributed by atoms with Crippen LogP contribution < -0.4 is 15.2 Å². The number of hydrogen-bond donors (Lipinski definition) is 1. The molecule has 4 nitrogen and oxygen atoms in total. The van der Waals surface area contributed by atoms with Gasteiger partial charge in [-0.3, -0.25) is 4.90 Å². The average Bonchev–Trinajstić information content (AvgIpc) is 2.50. The molecule has 0 amide bonds. The van der Waals surface area contributed by atoms with Crippen molar-refractivity contribution in [2.45, 2.75) is 45.2 Å². The van der Waals surface area contributed by atoms with Crippen molar-refractivity contribution in [2.24, 2.45) is 5.73 Å². The first-order valence-corrected chi connectivity index (χ1v) is 8.00. The SMILES string of the molecule is CCCCOc1cc(CN2CCC(N)CC2)ccc1OC. The van der Waals surface area contributed by atoms with Gasteiger partial charge in [-0.25, -0.2) is 0 Å². The minimum absolute atomic E-state index is 0.380. The number of rotatable bonds is 7. The first-order valence-electron chi connectivity index (χ1n) is 8.00. The summed E-state index contributed by atoms with van der Waals surface area (Å²) >= 11 is 0. The number of unbranched alkanes of at least 4 members (excludes halogenated alkanes) is 1. The van der Waals surface area contributed by atoms with Crippen LogP contribution in [0.4, 0.5) is 0 Å². The number of methoxy groups -OCH3 is 1. The summed E-state index contributed by atoms with van der Waals surface area (Å²) in [5.74, 6) is 1.67. The molecule has 0 atom stereocenters. The third kappa shape index (κ3) is 4.90. The van der Waals surface area contributed by atoms with E-state index in [1.54, 1.807) is 7.11 Å². The van der Waals surface area contributed by atoms with Crippen LogP contribution in [-0.4, -0.2) is 37.7 Å². The number of nitrogens with two attached hydrogens (primary N) is 1. The van der Waals surface area contributed by atoms with E-state index in [-0.39, 0.29) is 0 Å². The van der Waals surface area contributed by atoms with Gasteiger partial charge in [0.1, 0.15) is 0 Å². The van der Waals surface area contributed by atoms with Crippen molar-refractivity contribution in [3.05, 3.63) is 23.8 Å². The molecule has 1 aromatic rings. The Morgan fingerprint density at radius 2 is 2.00 bits per heavy atom. The Balaban J connectivity index is 1.97. The summed E-state index contributed by atoms with van der Waals surface area (Å²) in [5.41, 5.74) is 7.23. The van der Waals surface area contributed by atoms with Gasteiger partial charge < -0.3 is 15.2 Å². The molecule has 4 heteroatoms. The molecule has 1 heterocycles. The maximum atomic E-state index is 5.96. The fourth-order valence-electron chi connectivity index (χ4n) is 2.63. The molecule has 2 N–H and O–H groups in total. The van der Waals surface area contributed by atoms with Gasteiger partial charge in [-0.2, -0.15) is 0 Å². The summed E-state index contributed by atoms with van der Waals surface area (Å²) < 4.78 is 11.2. The van der Waals surface area contributed by atoms with E-state index in [4.69, 9.17) is 15.2 Å². The Morgan fingerprint density at radius 1 is 1.24 bits per heavy atom. The molecule has 2 rings (SSSR count). The van der Waals surface area contributed by atoms with Crippen molar-refractivity contribution in [3.63, 3.8) is 0 Å². The normalized spacial score (nSPS) is 16.9. The quantitative estimate of drug-likeness (QED) is 0.785. The number of benzene rings is 1. The van der Waals surface area contributed by atoms with Gasteiger partial charge >= 0.3 is 0 Å². The number of hydrogen-bond acceptors (Lipinski definition) is 4. The lowest BCUT2D eigenvalue weighted by atomic mass is 10.1. The zero-order chi connectivity index (χ0) is 15.1. The van der Waals surface area contributed by atoms with Gasteiger partial charge in [0, 0.05) is 12.6 Å². The fraction of sp³-hybridized carbons (Fsp3) is 0.647. The van der Waals surface area contributed by atoms with Crippen molar-refractivity contribution in [2.75, 3.05) is 26.8 Å². The second-order valence-corrected chi connectivity index (χ2v) is 5.80. The Hall–Kier alpha value is -1.26. The van der Waals surface area contributed by atoms with Crippen molar-refractivity contribution >= 4 is 0 Å². The van der Waals surface area contributed by atoms with Crippen LogP contribution >= 0.6 is 0 Å². The zero-order valence-corrected chi connectivity index (χ0v) is 13.3. The fourth-order valence-corrected chi connectivity index (χ4v) is 2.63. The number of piperidine rings is 1. The Bertz CT molecular complexity index is 429. The number of ether oxygens (including phenoxy) is 2.